The van der Waals surface area contributed by atoms with Crippen LogP contribution in [0.3, 0.4) is 0 Å². The molecule has 14 heavy (non-hydrogen) atoms. The number of hydroxylamine groups is 2. The molecule has 0 aromatic heterocycles. The normalized spacial score (nSPS) is 9.50. The molecule has 0 saturated heterocycles. The fourth-order valence-corrected chi connectivity index (χ4v) is 0.931. The molecule has 0 unspecified atom stereocenters. The Morgan fingerprint density at radius 1 is 1.43 bits per heavy atom. The van der Waals surface area contributed by atoms with Crippen LogP contribution in [0.1, 0.15) is 26.2 Å². The molecule has 0 atom stereocenters. The zero-order chi connectivity index (χ0) is 10.8. The van der Waals surface area contributed by atoms with Gasteiger partial charge in [-0.2, -0.15) is 0 Å². The van der Waals surface area contributed by atoms with Gasteiger partial charge in [0.1, 0.15) is 0 Å². The largest absolute Gasteiger partial charge is 0.272 e. The smallest absolute Gasteiger partial charge is 0.249 e. The molecule has 3 nitrogen and oxygen atoms in total. The fourth-order valence-electron chi connectivity index (χ4n) is 0.931. The highest BCUT2D eigenvalue weighted by Crippen LogP contribution is 2.00. The molecule has 0 saturated carbocycles. The molecule has 0 aromatic rings. The Morgan fingerprint density at radius 3 is 2.64 bits per heavy atom. The van der Waals surface area contributed by atoms with Gasteiger partial charge in [-0.05, 0) is 6.42 Å². The van der Waals surface area contributed by atoms with Crippen molar-refractivity contribution in [3.63, 3.8) is 0 Å². The lowest BCUT2D eigenvalue weighted by molar-refractivity contribution is -0.181. The Hall–Kier alpha value is -1.09. The van der Waals surface area contributed by atoms with Crippen LogP contribution >= 0.6 is 0 Å². The highest BCUT2D eigenvalue weighted by Gasteiger charge is 2.10. The molecule has 1 amide bonds. The molecule has 3 heteroatoms. The summed E-state index contributed by atoms with van der Waals surface area (Å²) in [6.45, 7) is 10.1. The first kappa shape index (κ1) is 12.9. The molecule has 0 bridgehead atoms. The molecule has 0 N–H and O–H groups in total. The summed E-state index contributed by atoms with van der Waals surface area (Å²) in [5, 5.41) is 1.40. The van der Waals surface area contributed by atoms with Crippen molar-refractivity contribution in [3.05, 3.63) is 25.3 Å². The third-order valence-corrected chi connectivity index (χ3v) is 1.66. The number of hydrogen-bond donors (Lipinski definition) is 0. The molecule has 0 aromatic carbocycles. The van der Waals surface area contributed by atoms with Crippen LogP contribution in [0, 0.1) is 0 Å². The van der Waals surface area contributed by atoms with E-state index in [9.17, 15) is 4.79 Å². The van der Waals surface area contributed by atoms with Crippen LogP contribution in [0.5, 0.6) is 0 Å². The van der Waals surface area contributed by atoms with Gasteiger partial charge in [-0.15, -0.1) is 13.2 Å². The second-order valence-corrected chi connectivity index (χ2v) is 2.93. The lowest BCUT2D eigenvalue weighted by Crippen LogP contribution is -2.31. The lowest BCUT2D eigenvalue weighted by Gasteiger charge is -2.20. The number of carbonyl (C=O) groups is 1. The van der Waals surface area contributed by atoms with E-state index in [2.05, 4.69) is 20.1 Å². The van der Waals surface area contributed by atoms with Crippen molar-refractivity contribution in [2.45, 2.75) is 26.2 Å². The van der Waals surface area contributed by atoms with Gasteiger partial charge < -0.3 is 0 Å². The van der Waals surface area contributed by atoms with Crippen molar-refractivity contribution < 1.29 is 9.63 Å². The lowest BCUT2D eigenvalue weighted by atomic mass is 10.3. The van der Waals surface area contributed by atoms with Crippen LogP contribution in [-0.4, -0.2) is 24.1 Å². The molecule has 0 rings (SSSR count). The quantitative estimate of drug-likeness (QED) is 0.441. The van der Waals surface area contributed by atoms with Gasteiger partial charge in [-0.25, -0.2) is 5.06 Å². The van der Waals surface area contributed by atoms with E-state index in [1.165, 1.54) is 5.06 Å². The molecule has 0 spiro atoms. The topological polar surface area (TPSA) is 29.5 Å². The first-order valence-corrected chi connectivity index (χ1v) is 4.91. The molecule has 0 heterocycles. The standard InChI is InChI=1S/C11H19NO2/c1-4-7-9-12(14-10-6-3)11(13)8-5-2/h5-6H,2-4,7-10H2,1H3. The van der Waals surface area contributed by atoms with Crippen LogP contribution < -0.4 is 0 Å². The van der Waals surface area contributed by atoms with Crippen molar-refractivity contribution in [1.82, 2.24) is 5.06 Å². The third-order valence-electron chi connectivity index (χ3n) is 1.66. The Kier molecular flexibility index (Phi) is 7.84. The van der Waals surface area contributed by atoms with E-state index in [1.807, 2.05) is 0 Å². The average Bonchev–Trinajstić information content (AvgIpc) is 2.18. The number of rotatable bonds is 8. The van der Waals surface area contributed by atoms with Crippen molar-refractivity contribution in [2.75, 3.05) is 13.2 Å². The number of unbranched alkanes of at least 4 members (excludes halogenated alkanes) is 1. The summed E-state index contributed by atoms with van der Waals surface area (Å²) in [7, 11) is 0. The van der Waals surface area contributed by atoms with E-state index in [1.54, 1.807) is 12.2 Å². The Bertz CT molecular complexity index is 190. The fraction of sp³-hybridized carbons (Fsp3) is 0.545. The molecule has 80 valence electrons. The van der Waals surface area contributed by atoms with Crippen molar-refractivity contribution in [1.29, 1.82) is 0 Å². The van der Waals surface area contributed by atoms with Gasteiger partial charge >= 0.3 is 0 Å². The van der Waals surface area contributed by atoms with Gasteiger partial charge in [0, 0.05) is 13.0 Å². The van der Waals surface area contributed by atoms with E-state index in [0.29, 0.717) is 19.6 Å². The first-order valence-electron chi connectivity index (χ1n) is 4.91. The van der Waals surface area contributed by atoms with Crippen LogP contribution in [0.4, 0.5) is 0 Å². The Morgan fingerprint density at radius 2 is 2.14 bits per heavy atom. The molecule has 0 aliphatic carbocycles. The molecule has 0 aliphatic heterocycles. The highest BCUT2D eigenvalue weighted by atomic mass is 16.7. The predicted octanol–water partition coefficient (Wildman–Crippen LogP) is 2.31. The maximum absolute atomic E-state index is 11.5. The van der Waals surface area contributed by atoms with Gasteiger partial charge in [-0.3, -0.25) is 9.63 Å². The second kappa shape index (κ2) is 8.51. The molecular formula is C11H19NO2. The SMILES string of the molecule is C=CCON(CCCC)C(=O)CC=C. The van der Waals surface area contributed by atoms with Crippen molar-refractivity contribution >= 4 is 5.91 Å². The molecular weight excluding hydrogens is 178 g/mol. The van der Waals surface area contributed by atoms with Gasteiger partial charge in [0.05, 0.1) is 6.61 Å². The molecule has 0 radical (unpaired) electrons. The summed E-state index contributed by atoms with van der Waals surface area (Å²) in [6, 6.07) is 0. The van der Waals surface area contributed by atoms with Crippen LogP contribution in [0.25, 0.3) is 0 Å². The van der Waals surface area contributed by atoms with Crippen molar-refractivity contribution in [3.8, 4) is 0 Å². The van der Waals surface area contributed by atoms with Gasteiger partial charge in [0.15, 0.2) is 0 Å². The first-order chi connectivity index (χ1) is 6.76. The second-order valence-electron chi connectivity index (χ2n) is 2.93. The zero-order valence-corrected chi connectivity index (χ0v) is 8.87. The van der Waals surface area contributed by atoms with Crippen molar-refractivity contribution in [2.24, 2.45) is 0 Å². The van der Waals surface area contributed by atoms with Gasteiger partial charge in [0.2, 0.25) is 5.91 Å². The minimum Gasteiger partial charge on any atom is -0.272 e. The van der Waals surface area contributed by atoms with E-state index in [-0.39, 0.29) is 5.91 Å². The number of nitrogens with zero attached hydrogens (tertiary/aromatic N) is 1. The summed E-state index contributed by atoms with van der Waals surface area (Å²) in [4.78, 5) is 16.7. The van der Waals surface area contributed by atoms with E-state index >= 15 is 0 Å². The maximum Gasteiger partial charge on any atom is 0.249 e. The summed E-state index contributed by atoms with van der Waals surface area (Å²) in [5.74, 6) is -0.0460. The van der Waals surface area contributed by atoms with Crippen LogP contribution in [0.15, 0.2) is 25.3 Å². The monoisotopic (exact) mass is 197 g/mol. The molecule has 0 fully saturated rings. The average molecular weight is 197 g/mol. The van der Waals surface area contributed by atoms with Gasteiger partial charge in [-0.1, -0.05) is 25.5 Å². The number of amides is 1. The zero-order valence-electron chi connectivity index (χ0n) is 8.87. The minimum atomic E-state index is -0.0460. The summed E-state index contributed by atoms with van der Waals surface area (Å²) < 4.78 is 0. The predicted molar refractivity (Wildman–Crippen MR) is 57.6 cm³/mol. The number of hydrogen-bond acceptors (Lipinski definition) is 2. The Labute approximate surface area is 86.0 Å². The highest BCUT2D eigenvalue weighted by molar-refractivity contribution is 5.76. The Balaban J connectivity index is 3.99. The summed E-state index contributed by atoms with van der Waals surface area (Å²) in [6.07, 6.45) is 5.51. The van der Waals surface area contributed by atoms with Crippen LogP contribution in [0.2, 0.25) is 0 Å². The molecule has 0 aliphatic rings. The van der Waals surface area contributed by atoms with Gasteiger partial charge in [0.25, 0.3) is 0 Å². The van der Waals surface area contributed by atoms with E-state index in [4.69, 9.17) is 4.84 Å². The summed E-state index contributed by atoms with van der Waals surface area (Å²) in [5.41, 5.74) is 0. The van der Waals surface area contributed by atoms with E-state index < -0.39 is 0 Å². The third kappa shape index (κ3) is 5.54. The van der Waals surface area contributed by atoms with E-state index in [0.717, 1.165) is 12.8 Å². The minimum absolute atomic E-state index is 0.0460. The summed E-state index contributed by atoms with van der Waals surface area (Å²) >= 11 is 0. The van der Waals surface area contributed by atoms with Crippen LogP contribution in [-0.2, 0) is 9.63 Å². The maximum atomic E-state index is 11.5. The number of carbonyl (C=O) groups excluding carboxylic acids is 1.